The molecule has 0 radical (unpaired) electrons. The molecule has 1 aromatic heterocycles. The van der Waals surface area contributed by atoms with E-state index < -0.39 is 0 Å². The Kier molecular flexibility index (Phi) is 6.64. The molecule has 0 spiro atoms. The second-order valence-corrected chi connectivity index (χ2v) is 7.34. The first-order valence-electron chi connectivity index (χ1n) is 8.79. The van der Waals surface area contributed by atoms with E-state index in [2.05, 4.69) is 26.0 Å². The highest BCUT2D eigenvalue weighted by Crippen LogP contribution is 2.16. The maximum atomic E-state index is 12.1. The molecule has 148 valence electrons. The van der Waals surface area contributed by atoms with E-state index in [9.17, 15) is 9.59 Å². The average Bonchev–Trinajstić information content (AvgIpc) is 3.15. The largest absolute Gasteiger partial charge is 0.378 e. The number of amides is 2. The summed E-state index contributed by atoms with van der Waals surface area (Å²) in [6.45, 7) is 0. The molecule has 9 heteroatoms. The number of hydrogen-bond acceptors (Lipinski definition) is 7. The minimum atomic E-state index is -0.316. The number of carbonyl (C=O) groups is 2. The number of hydrazone groups is 1. The van der Waals surface area contributed by atoms with Gasteiger partial charge in [-0.2, -0.15) is 5.10 Å². The van der Waals surface area contributed by atoms with Crippen LogP contribution in [-0.4, -0.2) is 42.3 Å². The van der Waals surface area contributed by atoms with Crippen molar-refractivity contribution < 1.29 is 9.59 Å². The van der Waals surface area contributed by atoms with Gasteiger partial charge in [0.25, 0.3) is 5.91 Å². The first kappa shape index (κ1) is 20.2. The lowest BCUT2D eigenvalue weighted by Crippen LogP contribution is -2.19. The van der Waals surface area contributed by atoms with Gasteiger partial charge in [0.2, 0.25) is 11.0 Å². The lowest BCUT2D eigenvalue weighted by Gasteiger charge is -2.11. The van der Waals surface area contributed by atoms with Gasteiger partial charge in [-0.05, 0) is 29.8 Å². The number of carbonyl (C=O) groups excluding carboxylic acids is 2. The molecule has 2 N–H and O–H groups in total. The van der Waals surface area contributed by atoms with Crippen LogP contribution in [0.2, 0.25) is 0 Å². The molecular weight excluding hydrogens is 388 g/mol. The van der Waals surface area contributed by atoms with Crippen LogP contribution in [-0.2, 0) is 11.2 Å². The van der Waals surface area contributed by atoms with Gasteiger partial charge in [-0.1, -0.05) is 41.7 Å². The standard InChI is InChI=1S/C20H20N6O2S/c1-26(2)16-10-8-14(9-11-16)13-21-23-17(27)12-18-24-25-20(29-18)22-19(28)15-6-4-3-5-7-15/h3-11,13H,12H2,1-2H3,(H,23,27)(H,22,25,28)/b21-13+. The van der Waals surface area contributed by atoms with E-state index in [4.69, 9.17) is 0 Å². The number of nitrogens with one attached hydrogen (secondary N) is 2. The van der Waals surface area contributed by atoms with Crippen molar-refractivity contribution in [1.29, 1.82) is 0 Å². The number of aromatic nitrogens is 2. The van der Waals surface area contributed by atoms with Gasteiger partial charge in [0.15, 0.2) is 0 Å². The molecule has 0 aliphatic rings. The first-order valence-corrected chi connectivity index (χ1v) is 9.61. The van der Waals surface area contributed by atoms with Crippen LogP contribution in [0.25, 0.3) is 0 Å². The molecule has 2 amide bonds. The number of rotatable bonds is 7. The number of hydrogen-bond donors (Lipinski definition) is 2. The lowest BCUT2D eigenvalue weighted by atomic mass is 10.2. The van der Waals surface area contributed by atoms with Crippen LogP contribution in [0, 0.1) is 0 Å². The van der Waals surface area contributed by atoms with Crippen LogP contribution in [0.15, 0.2) is 59.7 Å². The SMILES string of the molecule is CN(C)c1ccc(/C=N/NC(=O)Cc2nnc(NC(=O)c3ccccc3)s2)cc1. The Morgan fingerprint density at radius 1 is 1.07 bits per heavy atom. The van der Waals surface area contributed by atoms with Crippen molar-refractivity contribution in [3.63, 3.8) is 0 Å². The third kappa shape index (κ3) is 5.94. The summed E-state index contributed by atoms with van der Waals surface area (Å²) >= 11 is 1.15. The molecule has 0 bridgehead atoms. The van der Waals surface area contributed by atoms with Crippen molar-refractivity contribution in [1.82, 2.24) is 15.6 Å². The summed E-state index contributed by atoms with van der Waals surface area (Å²) in [5, 5.41) is 15.3. The highest BCUT2D eigenvalue weighted by molar-refractivity contribution is 7.15. The van der Waals surface area contributed by atoms with Crippen LogP contribution in [0.4, 0.5) is 10.8 Å². The van der Waals surface area contributed by atoms with Crippen LogP contribution in [0.3, 0.4) is 0 Å². The summed E-state index contributed by atoms with van der Waals surface area (Å²) in [4.78, 5) is 26.1. The van der Waals surface area contributed by atoms with Gasteiger partial charge in [0, 0.05) is 25.3 Å². The third-order valence-electron chi connectivity index (χ3n) is 3.85. The van der Waals surface area contributed by atoms with E-state index >= 15 is 0 Å². The number of nitrogens with zero attached hydrogens (tertiary/aromatic N) is 4. The molecule has 0 aliphatic heterocycles. The van der Waals surface area contributed by atoms with Crippen molar-refractivity contribution in [3.05, 3.63) is 70.7 Å². The van der Waals surface area contributed by atoms with Crippen LogP contribution in [0.5, 0.6) is 0 Å². The van der Waals surface area contributed by atoms with Crippen molar-refractivity contribution >= 4 is 40.2 Å². The lowest BCUT2D eigenvalue weighted by molar-refractivity contribution is -0.120. The van der Waals surface area contributed by atoms with Gasteiger partial charge >= 0.3 is 0 Å². The maximum Gasteiger partial charge on any atom is 0.257 e. The van der Waals surface area contributed by atoms with E-state index in [-0.39, 0.29) is 18.2 Å². The Morgan fingerprint density at radius 2 is 1.79 bits per heavy atom. The monoisotopic (exact) mass is 408 g/mol. The molecule has 0 aliphatic carbocycles. The summed E-state index contributed by atoms with van der Waals surface area (Å²) in [6.07, 6.45) is 1.60. The minimum Gasteiger partial charge on any atom is -0.378 e. The van der Waals surface area contributed by atoms with E-state index in [0.29, 0.717) is 15.7 Å². The Morgan fingerprint density at radius 3 is 2.48 bits per heavy atom. The van der Waals surface area contributed by atoms with Gasteiger partial charge in [-0.15, -0.1) is 10.2 Å². The topological polar surface area (TPSA) is 99.6 Å². The molecule has 0 saturated carbocycles. The Labute approximate surface area is 172 Å². The fraction of sp³-hybridized carbons (Fsp3) is 0.150. The van der Waals surface area contributed by atoms with Gasteiger partial charge in [-0.25, -0.2) is 5.43 Å². The van der Waals surface area contributed by atoms with Crippen LogP contribution < -0.4 is 15.6 Å². The van der Waals surface area contributed by atoms with Crippen molar-refractivity contribution in [2.75, 3.05) is 24.3 Å². The molecule has 29 heavy (non-hydrogen) atoms. The van der Waals surface area contributed by atoms with E-state index in [1.165, 1.54) is 0 Å². The number of benzene rings is 2. The summed E-state index contributed by atoms with van der Waals surface area (Å²) in [7, 11) is 3.94. The summed E-state index contributed by atoms with van der Waals surface area (Å²) < 4.78 is 0. The fourth-order valence-corrected chi connectivity index (χ4v) is 3.08. The van der Waals surface area contributed by atoms with Gasteiger partial charge < -0.3 is 4.90 Å². The first-order chi connectivity index (χ1) is 14.0. The molecule has 0 unspecified atom stereocenters. The molecule has 2 aromatic carbocycles. The minimum absolute atomic E-state index is 0.0236. The second-order valence-electron chi connectivity index (χ2n) is 6.28. The maximum absolute atomic E-state index is 12.1. The van der Waals surface area contributed by atoms with E-state index in [0.717, 1.165) is 22.6 Å². The molecule has 0 fully saturated rings. The highest BCUT2D eigenvalue weighted by Gasteiger charge is 2.12. The Hall–Kier alpha value is -3.59. The van der Waals surface area contributed by atoms with E-state index in [1.807, 2.05) is 49.3 Å². The van der Waals surface area contributed by atoms with Gasteiger partial charge in [-0.3, -0.25) is 14.9 Å². The van der Waals surface area contributed by atoms with E-state index in [1.54, 1.807) is 30.5 Å². The molecule has 3 rings (SSSR count). The van der Waals surface area contributed by atoms with Crippen molar-refractivity contribution in [2.45, 2.75) is 6.42 Å². The summed E-state index contributed by atoms with van der Waals surface area (Å²) in [6, 6.07) is 16.6. The van der Waals surface area contributed by atoms with Gasteiger partial charge in [0.05, 0.1) is 12.6 Å². The highest BCUT2D eigenvalue weighted by atomic mass is 32.1. The molecule has 1 heterocycles. The zero-order valence-corrected chi connectivity index (χ0v) is 16.8. The molecule has 3 aromatic rings. The predicted molar refractivity (Wildman–Crippen MR) is 115 cm³/mol. The predicted octanol–water partition coefficient (Wildman–Crippen LogP) is 2.55. The van der Waals surface area contributed by atoms with Crippen molar-refractivity contribution in [2.24, 2.45) is 5.10 Å². The quantitative estimate of drug-likeness (QED) is 0.462. The van der Waals surface area contributed by atoms with Crippen LogP contribution >= 0.6 is 11.3 Å². The van der Waals surface area contributed by atoms with Crippen LogP contribution in [0.1, 0.15) is 20.9 Å². The Balaban J connectivity index is 1.49. The molecule has 0 atom stereocenters. The summed E-state index contributed by atoms with van der Waals surface area (Å²) in [5.41, 5.74) is 4.94. The molecule has 0 saturated heterocycles. The Bertz CT molecular complexity index is 999. The molecular formula is C20H20N6O2S. The molecule has 8 nitrogen and oxygen atoms in total. The zero-order chi connectivity index (χ0) is 20.6. The second kappa shape index (κ2) is 9.56. The average molecular weight is 408 g/mol. The third-order valence-corrected chi connectivity index (χ3v) is 4.69. The smallest absolute Gasteiger partial charge is 0.257 e. The summed E-state index contributed by atoms with van der Waals surface area (Å²) in [5.74, 6) is -0.592. The van der Waals surface area contributed by atoms with Gasteiger partial charge in [0.1, 0.15) is 5.01 Å². The zero-order valence-electron chi connectivity index (χ0n) is 16.0. The normalized spacial score (nSPS) is 10.7. The fourth-order valence-electron chi connectivity index (χ4n) is 2.35. The number of anilines is 2. The van der Waals surface area contributed by atoms with Crippen molar-refractivity contribution in [3.8, 4) is 0 Å².